The minimum absolute atomic E-state index is 0.584. The smallest absolute Gasteiger partial charge is 0.217 e. The van der Waals surface area contributed by atoms with Gasteiger partial charge in [-0.15, -0.1) is 0 Å². The van der Waals surface area contributed by atoms with Gasteiger partial charge >= 0.3 is 0 Å². The Hall–Kier alpha value is -2.41. The average Bonchev–Trinajstić information content (AvgIpc) is 3.14. The zero-order valence-corrected chi connectivity index (χ0v) is 15.7. The van der Waals surface area contributed by atoms with Crippen LogP contribution in [0.5, 0.6) is 5.88 Å². The fourth-order valence-corrected chi connectivity index (χ4v) is 3.26. The van der Waals surface area contributed by atoms with Gasteiger partial charge in [0.25, 0.3) is 0 Å². The summed E-state index contributed by atoms with van der Waals surface area (Å²) in [5, 5.41) is 8.26. The number of halogens is 1. The highest BCUT2D eigenvalue weighted by atomic mass is 35.5. The van der Waals surface area contributed by atoms with Crippen LogP contribution in [0.2, 0.25) is 5.02 Å². The van der Waals surface area contributed by atoms with Crippen LogP contribution in [0.1, 0.15) is 0 Å². The molecule has 0 aliphatic carbocycles. The Bertz CT molecular complexity index is 861. The standard InChI is InChI=1S/C20H21ClN4O2/c21-17-3-1-16(2-4-17)19-18(15-5-7-22-8-6-15)20(24-23-19)27-14-11-25-9-12-26-13-10-25/h1-8H,9-14H2,(H,23,24). The first kappa shape index (κ1) is 18.0. The van der Waals surface area contributed by atoms with Crippen molar-refractivity contribution >= 4 is 11.6 Å². The number of H-pyrrole nitrogens is 1. The molecule has 0 unspecified atom stereocenters. The number of aromatic nitrogens is 3. The predicted octanol–water partition coefficient (Wildman–Crippen LogP) is 3.50. The van der Waals surface area contributed by atoms with Gasteiger partial charge < -0.3 is 9.47 Å². The Morgan fingerprint density at radius 1 is 1.04 bits per heavy atom. The second-order valence-corrected chi connectivity index (χ2v) is 6.76. The summed E-state index contributed by atoms with van der Waals surface area (Å²) in [6.45, 7) is 4.90. The highest BCUT2D eigenvalue weighted by Crippen LogP contribution is 2.37. The molecule has 3 heterocycles. The van der Waals surface area contributed by atoms with Crippen LogP contribution >= 0.6 is 11.6 Å². The zero-order valence-electron chi connectivity index (χ0n) is 14.9. The summed E-state index contributed by atoms with van der Waals surface area (Å²) in [5.74, 6) is 0.666. The van der Waals surface area contributed by atoms with E-state index in [0.717, 1.165) is 55.2 Å². The number of morpholine rings is 1. The molecule has 1 aliphatic rings. The van der Waals surface area contributed by atoms with Crippen LogP contribution in [0.25, 0.3) is 22.4 Å². The molecule has 0 atom stereocenters. The van der Waals surface area contributed by atoms with Gasteiger partial charge in [-0.05, 0) is 29.8 Å². The summed E-state index contributed by atoms with van der Waals surface area (Å²) in [5.41, 5.74) is 3.75. The summed E-state index contributed by atoms with van der Waals surface area (Å²) >= 11 is 6.03. The Labute approximate surface area is 163 Å². The average molecular weight is 385 g/mol. The lowest BCUT2D eigenvalue weighted by Crippen LogP contribution is -2.38. The maximum absolute atomic E-state index is 6.07. The summed E-state index contributed by atoms with van der Waals surface area (Å²) in [7, 11) is 0. The second kappa shape index (κ2) is 8.52. The number of ether oxygens (including phenoxy) is 2. The van der Waals surface area contributed by atoms with Gasteiger partial charge in [-0.1, -0.05) is 23.7 Å². The third-order valence-electron chi connectivity index (χ3n) is 4.58. The lowest BCUT2D eigenvalue weighted by atomic mass is 10.0. The van der Waals surface area contributed by atoms with Crippen molar-refractivity contribution in [2.45, 2.75) is 0 Å². The molecule has 0 amide bonds. The van der Waals surface area contributed by atoms with Crippen molar-refractivity contribution in [1.82, 2.24) is 20.1 Å². The number of aromatic amines is 1. The Morgan fingerprint density at radius 2 is 1.78 bits per heavy atom. The van der Waals surface area contributed by atoms with Crippen molar-refractivity contribution in [2.75, 3.05) is 39.5 Å². The van der Waals surface area contributed by atoms with Gasteiger partial charge in [0.05, 0.1) is 18.8 Å². The molecule has 27 heavy (non-hydrogen) atoms. The van der Waals surface area contributed by atoms with Crippen molar-refractivity contribution < 1.29 is 9.47 Å². The predicted molar refractivity (Wildman–Crippen MR) is 105 cm³/mol. The molecule has 0 bridgehead atoms. The van der Waals surface area contributed by atoms with Crippen LogP contribution in [0.4, 0.5) is 0 Å². The van der Waals surface area contributed by atoms with Crippen LogP contribution in [-0.4, -0.2) is 59.5 Å². The normalized spacial score (nSPS) is 15.0. The summed E-state index contributed by atoms with van der Waals surface area (Å²) in [4.78, 5) is 6.45. The molecule has 0 radical (unpaired) electrons. The number of nitrogens with zero attached hydrogens (tertiary/aromatic N) is 3. The van der Waals surface area contributed by atoms with Crippen LogP contribution in [0.15, 0.2) is 48.8 Å². The number of hydrogen-bond acceptors (Lipinski definition) is 5. The van der Waals surface area contributed by atoms with Crippen molar-refractivity contribution in [3.8, 4) is 28.3 Å². The van der Waals surface area contributed by atoms with Crippen LogP contribution in [0, 0.1) is 0 Å². The van der Waals surface area contributed by atoms with Gasteiger partial charge in [-0.25, -0.2) is 5.10 Å². The van der Waals surface area contributed by atoms with Crippen molar-refractivity contribution in [2.24, 2.45) is 0 Å². The molecular formula is C20H21ClN4O2. The van der Waals surface area contributed by atoms with Gasteiger partial charge in [-0.3, -0.25) is 9.88 Å². The van der Waals surface area contributed by atoms with Crippen LogP contribution in [0.3, 0.4) is 0 Å². The number of benzene rings is 1. The van der Waals surface area contributed by atoms with Crippen LogP contribution in [-0.2, 0) is 4.74 Å². The molecule has 0 saturated carbocycles. The maximum Gasteiger partial charge on any atom is 0.217 e. The third kappa shape index (κ3) is 4.30. The first-order valence-electron chi connectivity index (χ1n) is 8.99. The van der Waals surface area contributed by atoms with E-state index in [4.69, 9.17) is 21.1 Å². The molecule has 2 aromatic heterocycles. The quantitative estimate of drug-likeness (QED) is 0.704. The molecule has 0 spiro atoms. The van der Waals surface area contributed by atoms with E-state index in [2.05, 4.69) is 20.1 Å². The number of hydrogen-bond donors (Lipinski definition) is 1. The van der Waals surface area contributed by atoms with E-state index in [0.29, 0.717) is 17.5 Å². The number of nitrogens with one attached hydrogen (secondary N) is 1. The van der Waals surface area contributed by atoms with E-state index < -0.39 is 0 Å². The SMILES string of the molecule is Clc1ccc(-c2n[nH]c(OCCN3CCOCC3)c2-c2ccncc2)cc1. The molecule has 3 aromatic rings. The van der Waals surface area contributed by atoms with Gasteiger partial charge in [-0.2, -0.15) is 5.10 Å². The highest BCUT2D eigenvalue weighted by Gasteiger charge is 2.19. The molecule has 1 fully saturated rings. The Balaban J connectivity index is 1.58. The first-order chi connectivity index (χ1) is 13.3. The Kier molecular flexibility index (Phi) is 5.67. The van der Waals surface area contributed by atoms with Crippen molar-refractivity contribution in [3.05, 3.63) is 53.8 Å². The molecule has 1 N–H and O–H groups in total. The summed E-state index contributed by atoms with van der Waals surface area (Å²) in [6, 6.07) is 11.6. The largest absolute Gasteiger partial charge is 0.476 e. The molecule has 1 aromatic carbocycles. The molecule has 7 heteroatoms. The van der Waals surface area contributed by atoms with Gasteiger partial charge in [0.1, 0.15) is 12.3 Å². The lowest BCUT2D eigenvalue weighted by Gasteiger charge is -2.26. The molecule has 1 saturated heterocycles. The van der Waals surface area contributed by atoms with Crippen LogP contribution < -0.4 is 4.74 Å². The summed E-state index contributed by atoms with van der Waals surface area (Å²) < 4.78 is 11.5. The van der Waals surface area contributed by atoms with Gasteiger partial charge in [0.15, 0.2) is 0 Å². The van der Waals surface area contributed by atoms with Crippen molar-refractivity contribution in [3.63, 3.8) is 0 Å². The monoisotopic (exact) mass is 384 g/mol. The highest BCUT2D eigenvalue weighted by molar-refractivity contribution is 6.30. The molecule has 4 rings (SSSR count). The van der Waals surface area contributed by atoms with E-state index in [1.54, 1.807) is 12.4 Å². The minimum atomic E-state index is 0.584. The number of pyridine rings is 1. The van der Waals surface area contributed by atoms with E-state index in [1.165, 1.54) is 0 Å². The molecule has 6 nitrogen and oxygen atoms in total. The van der Waals surface area contributed by atoms with E-state index in [9.17, 15) is 0 Å². The molecule has 140 valence electrons. The minimum Gasteiger partial charge on any atom is -0.476 e. The van der Waals surface area contributed by atoms with E-state index >= 15 is 0 Å². The van der Waals surface area contributed by atoms with Gasteiger partial charge in [0.2, 0.25) is 5.88 Å². The van der Waals surface area contributed by atoms with E-state index in [1.807, 2.05) is 36.4 Å². The fourth-order valence-electron chi connectivity index (χ4n) is 3.14. The van der Waals surface area contributed by atoms with Gasteiger partial charge in [0, 0.05) is 42.6 Å². The fraction of sp³-hybridized carbons (Fsp3) is 0.300. The second-order valence-electron chi connectivity index (χ2n) is 6.32. The molecule has 1 aliphatic heterocycles. The zero-order chi connectivity index (χ0) is 18.5. The Morgan fingerprint density at radius 3 is 2.52 bits per heavy atom. The van der Waals surface area contributed by atoms with Crippen molar-refractivity contribution in [1.29, 1.82) is 0 Å². The first-order valence-corrected chi connectivity index (χ1v) is 9.36. The lowest BCUT2D eigenvalue weighted by molar-refractivity contribution is 0.0320. The third-order valence-corrected chi connectivity index (χ3v) is 4.83. The number of rotatable bonds is 6. The maximum atomic E-state index is 6.07. The summed E-state index contributed by atoms with van der Waals surface area (Å²) in [6.07, 6.45) is 3.54. The molecular weight excluding hydrogens is 364 g/mol. The topological polar surface area (TPSA) is 63.3 Å². The van der Waals surface area contributed by atoms with E-state index in [-0.39, 0.29) is 0 Å².